The predicted octanol–water partition coefficient (Wildman–Crippen LogP) is 5.43. The van der Waals surface area contributed by atoms with E-state index in [1.807, 2.05) is 37.3 Å². The predicted molar refractivity (Wildman–Crippen MR) is 113 cm³/mol. The van der Waals surface area contributed by atoms with Crippen LogP contribution < -0.4 is 0 Å². The second-order valence-electron chi connectivity index (χ2n) is 7.24. The molecule has 0 fully saturated rings. The van der Waals surface area contributed by atoms with Crippen molar-refractivity contribution in [2.75, 3.05) is 6.61 Å². The summed E-state index contributed by atoms with van der Waals surface area (Å²) in [5.74, 6) is -0.456. The van der Waals surface area contributed by atoms with Crippen LogP contribution in [0.2, 0.25) is 0 Å². The molecule has 0 radical (unpaired) electrons. The van der Waals surface area contributed by atoms with Gasteiger partial charge in [0.25, 0.3) is 0 Å². The van der Waals surface area contributed by atoms with Gasteiger partial charge < -0.3 is 4.74 Å². The summed E-state index contributed by atoms with van der Waals surface area (Å²) in [4.78, 5) is 27.1. The molecular formula is C24H26O3S. The van der Waals surface area contributed by atoms with Crippen LogP contribution in [0.1, 0.15) is 36.5 Å². The van der Waals surface area contributed by atoms with Gasteiger partial charge in [-0.15, -0.1) is 0 Å². The maximum atomic E-state index is 12.7. The molecule has 0 heterocycles. The highest BCUT2D eigenvalue weighted by Gasteiger charge is 2.34. The fourth-order valence-corrected chi connectivity index (χ4v) is 5.01. The maximum Gasteiger partial charge on any atom is 0.167 e. The average molecular weight is 395 g/mol. The summed E-state index contributed by atoms with van der Waals surface area (Å²) in [5, 5.41) is 0. The van der Waals surface area contributed by atoms with Gasteiger partial charge in [0.15, 0.2) is 11.6 Å². The zero-order chi connectivity index (χ0) is 20.1. The van der Waals surface area contributed by atoms with Gasteiger partial charge in [0.2, 0.25) is 0 Å². The van der Waals surface area contributed by atoms with Crippen LogP contribution >= 0.6 is 11.8 Å². The summed E-state index contributed by atoms with van der Waals surface area (Å²) < 4.78 is 5.89. The number of ether oxygens (including phenoxy) is 1. The Morgan fingerprint density at radius 2 is 1.71 bits per heavy atom. The van der Waals surface area contributed by atoms with E-state index in [-0.39, 0.29) is 23.9 Å². The minimum atomic E-state index is -0.373. The molecule has 2 aromatic rings. The SMILES string of the molecule is CCC1=C(Sc2cc(C)cc(C)c2)C(COCc2ccccc2)C(=O)CC1=O. The first-order valence-electron chi connectivity index (χ1n) is 9.64. The van der Waals surface area contributed by atoms with Crippen LogP contribution in [0.3, 0.4) is 0 Å². The Balaban J connectivity index is 1.83. The van der Waals surface area contributed by atoms with Gasteiger partial charge in [0.1, 0.15) is 0 Å². The third kappa shape index (κ3) is 5.00. The molecule has 0 aromatic heterocycles. The minimum absolute atomic E-state index is 0.0144. The Kier molecular flexibility index (Phi) is 6.87. The normalized spacial score (nSPS) is 17.3. The first kappa shape index (κ1) is 20.6. The lowest BCUT2D eigenvalue weighted by Gasteiger charge is -2.26. The lowest BCUT2D eigenvalue weighted by atomic mass is 9.87. The fourth-order valence-electron chi connectivity index (χ4n) is 3.54. The van der Waals surface area contributed by atoms with E-state index in [9.17, 15) is 9.59 Å². The summed E-state index contributed by atoms with van der Waals surface area (Å²) in [5.41, 5.74) is 4.19. The number of hydrogen-bond donors (Lipinski definition) is 0. The lowest BCUT2D eigenvalue weighted by Crippen LogP contribution is -2.30. The summed E-state index contributed by atoms with van der Waals surface area (Å²) >= 11 is 1.55. The van der Waals surface area contributed by atoms with Crippen molar-refractivity contribution in [1.82, 2.24) is 0 Å². The van der Waals surface area contributed by atoms with E-state index in [1.54, 1.807) is 11.8 Å². The van der Waals surface area contributed by atoms with E-state index < -0.39 is 0 Å². The minimum Gasteiger partial charge on any atom is -0.376 e. The molecule has 0 spiro atoms. The first-order chi connectivity index (χ1) is 13.5. The lowest BCUT2D eigenvalue weighted by molar-refractivity contribution is -0.129. The topological polar surface area (TPSA) is 43.4 Å². The molecule has 1 aliphatic carbocycles. The van der Waals surface area contributed by atoms with Gasteiger partial charge in [0, 0.05) is 15.4 Å². The smallest absolute Gasteiger partial charge is 0.167 e. The number of thioether (sulfide) groups is 1. The zero-order valence-corrected chi connectivity index (χ0v) is 17.5. The van der Waals surface area contributed by atoms with Crippen molar-refractivity contribution in [3.8, 4) is 0 Å². The van der Waals surface area contributed by atoms with Crippen LogP contribution in [-0.2, 0) is 20.9 Å². The second kappa shape index (κ2) is 9.35. The molecule has 146 valence electrons. The maximum absolute atomic E-state index is 12.7. The molecule has 0 saturated carbocycles. The molecule has 3 nitrogen and oxygen atoms in total. The molecule has 0 saturated heterocycles. The molecule has 28 heavy (non-hydrogen) atoms. The molecule has 1 unspecified atom stereocenters. The molecule has 4 heteroatoms. The van der Waals surface area contributed by atoms with E-state index >= 15 is 0 Å². The van der Waals surface area contributed by atoms with Crippen LogP contribution in [0.4, 0.5) is 0 Å². The Labute approximate surface area is 171 Å². The highest BCUT2D eigenvalue weighted by Crippen LogP contribution is 2.40. The van der Waals surface area contributed by atoms with E-state index in [1.165, 1.54) is 11.1 Å². The number of carbonyl (C=O) groups is 2. The number of benzene rings is 2. The van der Waals surface area contributed by atoms with Crippen LogP contribution in [0.15, 0.2) is 63.9 Å². The standard InChI is InChI=1S/C24H26O3S/c1-4-20-22(25)13-23(26)21(15-27-14-18-8-6-5-7-9-18)24(20)28-19-11-16(2)10-17(3)12-19/h5-12,21H,4,13-15H2,1-3H3. The molecule has 0 bridgehead atoms. The molecule has 3 rings (SSSR count). The van der Waals surface area contributed by atoms with Crippen molar-refractivity contribution in [3.63, 3.8) is 0 Å². The van der Waals surface area contributed by atoms with E-state index in [0.29, 0.717) is 19.6 Å². The Bertz CT molecular complexity index is 879. The number of carbonyl (C=O) groups excluding carboxylic acids is 2. The Morgan fingerprint density at radius 3 is 2.36 bits per heavy atom. The molecule has 1 aliphatic rings. The van der Waals surface area contributed by atoms with Gasteiger partial charge >= 0.3 is 0 Å². The summed E-state index contributed by atoms with van der Waals surface area (Å²) in [7, 11) is 0. The van der Waals surface area contributed by atoms with E-state index in [0.717, 1.165) is 20.9 Å². The highest BCUT2D eigenvalue weighted by atomic mass is 32.2. The number of allylic oxidation sites excluding steroid dienone is 1. The van der Waals surface area contributed by atoms with Crippen molar-refractivity contribution < 1.29 is 14.3 Å². The van der Waals surface area contributed by atoms with Crippen molar-refractivity contribution in [3.05, 3.63) is 75.7 Å². The van der Waals surface area contributed by atoms with Crippen LogP contribution in [-0.4, -0.2) is 18.2 Å². The van der Waals surface area contributed by atoms with Crippen molar-refractivity contribution in [2.24, 2.45) is 5.92 Å². The van der Waals surface area contributed by atoms with Crippen LogP contribution in [0.25, 0.3) is 0 Å². The second-order valence-corrected chi connectivity index (χ2v) is 8.36. The van der Waals surface area contributed by atoms with E-state index in [2.05, 4.69) is 32.0 Å². The molecule has 2 aromatic carbocycles. The van der Waals surface area contributed by atoms with Crippen molar-refractivity contribution in [1.29, 1.82) is 0 Å². The Morgan fingerprint density at radius 1 is 1.04 bits per heavy atom. The van der Waals surface area contributed by atoms with Gasteiger partial charge in [-0.25, -0.2) is 0 Å². The molecule has 0 aliphatic heterocycles. The molecular weight excluding hydrogens is 368 g/mol. The Hall–Kier alpha value is -2.17. The van der Waals surface area contributed by atoms with Crippen LogP contribution in [0.5, 0.6) is 0 Å². The number of aryl methyl sites for hydroxylation is 2. The fraction of sp³-hybridized carbons (Fsp3) is 0.333. The molecule has 0 N–H and O–H groups in total. The molecule has 1 atom stereocenters. The van der Waals surface area contributed by atoms with Gasteiger partial charge in [-0.1, -0.05) is 55.1 Å². The number of ketones is 2. The first-order valence-corrected chi connectivity index (χ1v) is 10.5. The highest BCUT2D eigenvalue weighted by molar-refractivity contribution is 8.03. The van der Waals surface area contributed by atoms with Gasteiger partial charge in [-0.3, -0.25) is 9.59 Å². The quantitative estimate of drug-likeness (QED) is 0.587. The zero-order valence-electron chi connectivity index (χ0n) is 16.7. The monoisotopic (exact) mass is 394 g/mol. The summed E-state index contributed by atoms with van der Waals surface area (Å²) in [6.07, 6.45) is 0.619. The summed E-state index contributed by atoms with van der Waals surface area (Å²) in [6, 6.07) is 16.2. The number of rotatable bonds is 7. The van der Waals surface area contributed by atoms with Crippen molar-refractivity contribution >= 4 is 23.3 Å². The van der Waals surface area contributed by atoms with Crippen molar-refractivity contribution in [2.45, 2.75) is 45.1 Å². The van der Waals surface area contributed by atoms with Gasteiger partial charge in [-0.2, -0.15) is 0 Å². The van der Waals surface area contributed by atoms with Gasteiger partial charge in [-0.05, 0) is 49.1 Å². The average Bonchev–Trinajstić information content (AvgIpc) is 2.64. The largest absolute Gasteiger partial charge is 0.376 e. The number of Topliss-reactive ketones (excluding diaryl/α,β-unsaturated/α-hetero) is 2. The third-order valence-electron chi connectivity index (χ3n) is 4.85. The van der Waals surface area contributed by atoms with Crippen LogP contribution in [0, 0.1) is 19.8 Å². The molecule has 0 amide bonds. The third-order valence-corrected chi connectivity index (χ3v) is 6.07. The summed E-state index contributed by atoms with van der Waals surface area (Å²) in [6.45, 7) is 6.86. The van der Waals surface area contributed by atoms with E-state index in [4.69, 9.17) is 4.74 Å². The van der Waals surface area contributed by atoms with Gasteiger partial charge in [0.05, 0.1) is 25.6 Å². The number of hydrogen-bond acceptors (Lipinski definition) is 4.